The van der Waals surface area contributed by atoms with Crippen molar-refractivity contribution in [2.45, 2.75) is 13.5 Å². The molecule has 0 saturated heterocycles. The molecular weight excluding hydrogens is 238 g/mol. The fraction of sp³-hybridized carbons (Fsp3) is 0.188. The van der Waals surface area contributed by atoms with E-state index in [4.69, 9.17) is 0 Å². The molecule has 0 bridgehead atoms. The molecule has 0 aromatic heterocycles. The molecule has 1 N–H and O–H groups in total. The molecule has 2 aromatic rings. The Bertz CT molecular complexity index is 593. The van der Waals surface area contributed by atoms with Crippen LogP contribution in [0.2, 0.25) is 0 Å². The molecule has 19 heavy (non-hydrogen) atoms. The Morgan fingerprint density at radius 3 is 2.42 bits per heavy atom. The van der Waals surface area contributed by atoms with Crippen LogP contribution in [-0.4, -0.2) is 18.1 Å². The van der Waals surface area contributed by atoms with Gasteiger partial charge in [-0.15, -0.1) is 0 Å². The van der Waals surface area contributed by atoms with Crippen molar-refractivity contribution in [2.24, 2.45) is 0 Å². The first-order valence-corrected chi connectivity index (χ1v) is 6.17. The van der Waals surface area contributed by atoms with Gasteiger partial charge in [0.2, 0.25) is 0 Å². The Hall–Kier alpha value is -2.29. The number of para-hydroxylation sites is 1. The van der Waals surface area contributed by atoms with E-state index in [2.05, 4.69) is 19.1 Å². The number of hydrogen-bond donors (Lipinski definition) is 1. The number of nitrogens with zero attached hydrogens (tertiary/aromatic N) is 1. The number of carboxylic acid groups (broad SMARTS) is 1. The van der Waals surface area contributed by atoms with E-state index in [0.29, 0.717) is 12.1 Å². The predicted octanol–water partition coefficient (Wildman–Crippen LogP) is 3.33. The quantitative estimate of drug-likeness (QED) is 0.911. The molecule has 0 heterocycles. The molecule has 0 atom stereocenters. The van der Waals surface area contributed by atoms with E-state index >= 15 is 0 Å². The molecule has 2 aromatic carbocycles. The second-order valence-corrected chi connectivity index (χ2v) is 4.60. The molecule has 0 amide bonds. The van der Waals surface area contributed by atoms with Gasteiger partial charge in [0.15, 0.2) is 0 Å². The monoisotopic (exact) mass is 255 g/mol. The van der Waals surface area contributed by atoms with Crippen LogP contribution in [0.4, 0.5) is 5.69 Å². The largest absolute Gasteiger partial charge is 0.478 e. The number of aryl methyl sites for hydroxylation is 1. The summed E-state index contributed by atoms with van der Waals surface area (Å²) in [4.78, 5) is 13.2. The van der Waals surface area contributed by atoms with E-state index in [9.17, 15) is 9.90 Å². The fourth-order valence-corrected chi connectivity index (χ4v) is 2.12. The van der Waals surface area contributed by atoms with Crippen LogP contribution in [0.15, 0.2) is 48.5 Å². The zero-order chi connectivity index (χ0) is 13.8. The van der Waals surface area contributed by atoms with Crippen molar-refractivity contribution in [1.82, 2.24) is 0 Å². The minimum Gasteiger partial charge on any atom is -0.478 e. The number of aromatic carboxylic acids is 1. The van der Waals surface area contributed by atoms with Gasteiger partial charge in [0.1, 0.15) is 0 Å². The zero-order valence-electron chi connectivity index (χ0n) is 11.1. The first-order valence-electron chi connectivity index (χ1n) is 6.17. The van der Waals surface area contributed by atoms with Gasteiger partial charge in [0.25, 0.3) is 0 Å². The Morgan fingerprint density at radius 1 is 1.11 bits per heavy atom. The third-order valence-electron chi connectivity index (χ3n) is 3.21. The molecule has 0 unspecified atom stereocenters. The molecule has 0 radical (unpaired) electrons. The lowest BCUT2D eigenvalue weighted by molar-refractivity contribution is 0.0697. The summed E-state index contributed by atoms with van der Waals surface area (Å²) in [7, 11) is 1.91. The SMILES string of the molecule is Cc1ccccc1CN(C)c1ccccc1C(=O)O. The summed E-state index contributed by atoms with van der Waals surface area (Å²) >= 11 is 0. The van der Waals surface area contributed by atoms with Gasteiger partial charge in [-0.2, -0.15) is 0 Å². The molecule has 0 spiro atoms. The number of carbonyl (C=O) groups is 1. The van der Waals surface area contributed by atoms with Crippen molar-refractivity contribution in [3.63, 3.8) is 0 Å². The topological polar surface area (TPSA) is 40.5 Å². The number of hydrogen-bond acceptors (Lipinski definition) is 2. The van der Waals surface area contributed by atoms with Gasteiger partial charge >= 0.3 is 5.97 Å². The standard InChI is InChI=1S/C16H17NO2/c1-12-7-3-4-8-13(12)11-17(2)15-10-6-5-9-14(15)16(18)19/h3-10H,11H2,1-2H3,(H,18,19). The van der Waals surface area contributed by atoms with Crippen LogP contribution in [-0.2, 0) is 6.54 Å². The normalized spacial score (nSPS) is 10.2. The van der Waals surface area contributed by atoms with Crippen molar-refractivity contribution >= 4 is 11.7 Å². The van der Waals surface area contributed by atoms with Gasteiger partial charge < -0.3 is 10.0 Å². The first kappa shape index (κ1) is 13.1. The highest BCUT2D eigenvalue weighted by Gasteiger charge is 2.13. The summed E-state index contributed by atoms with van der Waals surface area (Å²) in [5.41, 5.74) is 3.48. The number of anilines is 1. The van der Waals surface area contributed by atoms with Gasteiger partial charge in [-0.25, -0.2) is 4.79 Å². The van der Waals surface area contributed by atoms with Crippen LogP contribution >= 0.6 is 0 Å². The number of rotatable bonds is 4. The lowest BCUT2D eigenvalue weighted by Gasteiger charge is -2.22. The third kappa shape index (κ3) is 2.94. The fourth-order valence-electron chi connectivity index (χ4n) is 2.12. The molecule has 0 saturated carbocycles. The average molecular weight is 255 g/mol. The van der Waals surface area contributed by atoms with Gasteiger partial charge in [-0.05, 0) is 30.2 Å². The maximum Gasteiger partial charge on any atom is 0.337 e. The Morgan fingerprint density at radius 2 is 1.74 bits per heavy atom. The minimum atomic E-state index is -0.896. The van der Waals surface area contributed by atoms with Crippen LogP contribution in [0.25, 0.3) is 0 Å². The van der Waals surface area contributed by atoms with Crippen molar-refractivity contribution in [3.8, 4) is 0 Å². The Balaban J connectivity index is 2.28. The summed E-state index contributed by atoms with van der Waals surface area (Å²) in [5, 5.41) is 9.21. The summed E-state index contributed by atoms with van der Waals surface area (Å²) in [6.07, 6.45) is 0. The molecule has 3 nitrogen and oxygen atoms in total. The predicted molar refractivity (Wildman–Crippen MR) is 76.7 cm³/mol. The van der Waals surface area contributed by atoms with Crippen LogP contribution in [0, 0.1) is 6.92 Å². The lowest BCUT2D eigenvalue weighted by atomic mass is 10.1. The Labute approximate surface area is 113 Å². The second-order valence-electron chi connectivity index (χ2n) is 4.60. The highest BCUT2D eigenvalue weighted by molar-refractivity contribution is 5.94. The van der Waals surface area contributed by atoms with E-state index in [1.54, 1.807) is 12.1 Å². The lowest BCUT2D eigenvalue weighted by Crippen LogP contribution is -2.19. The van der Waals surface area contributed by atoms with Crippen molar-refractivity contribution in [2.75, 3.05) is 11.9 Å². The summed E-state index contributed by atoms with van der Waals surface area (Å²) < 4.78 is 0. The van der Waals surface area contributed by atoms with E-state index < -0.39 is 5.97 Å². The van der Waals surface area contributed by atoms with E-state index in [1.165, 1.54) is 11.1 Å². The Kier molecular flexibility index (Phi) is 3.85. The smallest absolute Gasteiger partial charge is 0.337 e. The highest BCUT2D eigenvalue weighted by atomic mass is 16.4. The first-order chi connectivity index (χ1) is 9.09. The molecular formula is C16H17NO2. The average Bonchev–Trinajstić information content (AvgIpc) is 2.41. The van der Waals surface area contributed by atoms with Crippen molar-refractivity contribution in [3.05, 3.63) is 65.2 Å². The van der Waals surface area contributed by atoms with Crippen LogP contribution < -0.4 is 4.90 Å². The van der Waals surface area contributed by atoms with Crippen molar-refractivity contribution < 1.29 is 9.90 Å². The molecule has 98 valence electrons. The van der Waals surface area contributed by atoms with Gasteiger partial charge in [0, 0.05) is 13.6 Å². The van der Waals surface area contributed by atoms with Crippen LogP contribution in [0.1, 0.15) is 21.5 Å². The van der Waals surface area contributed by atoms with Crippen LogP contribution in [0.3, 0.4) is 0 Å². The number of carboxylic acids is 1. The van der Waals surface area contributed by atoms with Crippen LogP contribution in [0.5, 0.6) is 0 Å². The minimum absolute atomic E-state index is 0.332. The highest BCUT2D eigenvalue weighted by Crippen LogP contribution is 2.21. The summed E-state index contributed by atoms with van der Waals surface area (Å²) in [6, 6.07) is 15.2. The molecule has 2 rings (SSSR count). The van der Waals surface area contributed by atoms with E-state index in [1.807, 2.05) is 36.2 Å². The third-order valence-corrected chi connectivity index (χ3v) is 3.21. The zero-order valence-corrected chi connectivity index (χ0v) is 11.1. The molecule has 0 aliphatic heterocycles. The molecule has 0 aliphatic carbocycles. The molecule has 0 aliphatic rings. The van der Waals surface area contributed by atoms with Gasteiger partial charge in [0.05, 0.1) is 11.3 Å². The summed E-state index contributed by atoms with van der Waals surface area (Å²) in [6.45, 7) is 2.75. The second kappa shape index (κ2) is 5.57. The summed E-state index contributed by atoms with van der Waals surface area (Å²) in [5.74, 6) is -0.896. The molecule has 3 heteroatoms. The van der Waals surface area contributed by atoms with Gasteiger partial charge in [-0.1, -0.05) is 36.4 Å². The number of benzene rings is 2. The van der Waals surface area contributed by atoms with E-state index in [-0.39, 0.29) is 0 Å². The van der Waals surface area contributed by atoms with Gasteiger partial charge in [-0.3, -0.25) is 0 Å². The molecule has 0 fully saturated rings. The maximum absolute atomic E-state index is 11.2. The van der Waals surface area contributed by atoms with E-state index in [0.717, 1.165) is 5.69 Å². The maximum atomic E-state index is 11.2. The van der Waals surface area contributed by atoms with Crippen molar-refractivity contribution in [1.29, 1.82) is 0 Å².